The lowest BCUT2D eigenvalue weighted by Crippen LogP contribution is -2.32. The molecule has 0 spiro atoms. The van der Waals surface area contributed by atoms with Gasteiger partial charge < -0.3 is 10.0 Å². The Labute approximate surface area is 129 Å². The SMILES string of the molecule is CN(CC1CCCCC1)C(=O)c1sccc1C=CC(=O)O. The molecule has 1 heterocycles. The van der Waals surface area contributed by atoms with Crippen molar-refractivity contribution < 1.29 is 14.7 Å². The van der Waals surface area contributed by atoms with Gasteiger partial charge in [0, 0.05) is 19.7 Å². The van der Waals surface area contributed by atoms with Crippen LogP contribution in [0.5, 0.6) is 0 Å². The van der Waals surface area contributed by atoms with Crippen molar-refractivity contribution >= 4 is 29.3 Å². The summed E-state index contributed by atoms with van der Waals surface area (Å²) in [5.41, 5.74) is 0.683. The molecule has 1 saturated carbocycles. The van der Waals surface area contributed by atoms with Crippen LogP contribution in [0.2, 0.25) is 0 Å². The van der Waals surface area contributed by atoms with Crippen molar-refractivity contribution in [2.75, 3.05) is 13.6 Å². The second kappa shape index (κ2) is 7.41. The van der Waals surface area contributed by atoms with E-state index in [2.05, 4.69) is 0 Å². The number of thiophene rings is 1. The van der Waals surface area contributed by atoms with Gasteiger partial charge in [0.2, 0.25) is 0 Å². The van der Waals surface area contributed by atoms with Gasteiger partial charge in [-0.2, -0.15) is 0 Å². The summed E-state index contributed by atoms with van der Waals surface area (Å²) in [4.78, 5) is 25.5. The first kappa shape index (κ1) is 15.8. The first-order valence-corrected chi connectivity index (χ1v) is 8.20. The molecule has 1 fully saturated rings. The number of hydrogen-bond acceptors (Lipinski definition) is 3. The van der Waals surface area contributed by atoms with Crippen LogP contribution in [0.15, 0.2) is 17.5 Å². The van der Waals surface area contributed by atoms with Crippen LogP contribution in [0.25, 0.3) is 6.08 Å². The number of aliphatic carboxylic acids is 1. The normalized spacial score (nSPS) is 16.2. The molecule has 1 aromatic heterocycles. The van der Waals surface area contributed by atoms with Gasteiger partial charge in [-0.05, 0) is 41.8 Å². The van der Waals surface area contributed by atoms with Crippen molar-refractivity contribution in [1.82, 2.24) is 4.90 Å². The average Bonchev–Trinajstić information content (AvgIpc) is 2.93. The first-order chi connectivity index (χ1) is 10.1. The summed E-state index contributed by atoms with van der Waals surface area (Å²) in [5, 5.41) is 10.5. The van der Waals surface area contributed by atoms with Crippen LogP contribution in [0.4, 0.5) is 0 Å². The second-order valence-electron chi connectivity index (χ2n) is 5.57. The number of nitrogens with zero attached hydrogens (tertiary/aromatic N) is 1. The lowest BCUT2D eigenvalue weighted by Gasteiger charge is -2.27. The van der Waals surface area contributed by atoms with Crippen molar-refractivity contribution in [3.63, 3.8) is 0 Å². The molecule has 2 rings (SSSR count). The number of carbonyl (C=O) groups excluding carboxylic acids is 1. The van der Waals surface area contributed by atoms with Gasteiger partial charge in [0.1, 0.15) is 0 Å². The van der Waals surface area contributed by atoms with Crippen molar-refractivity contribution in [3.8, 4) is 0 Å². The summed E-state index contributed by atoms with van der Waals surface area (Å²) >= 11 is 1.36. The van der Waals surface area contributed by atoms with E-state index in [9.17, 15) is 9.59 Å². The fraction of sp³-hybridized carbons (Fsp3) is 0.500. The molecule has 1 aliphatic rings. The highest BCUT2D eigenvalue weighted by Crippen LogP contribution is 2.26. The molecule has 4 nitrogen and oxygen atoms in total. The van der Waals surface area contributed by atoms with Crippen LogP contribution in [-0.2, 0) is 4.79 Å². The van der Waals surface area contributed by atoms with E-state index in [1.165, 1.54) is 49.5 Å². The predicted octanol–water partition coefficient (Wildman–Crippen LogP) is 3.50. The lowest BCUT2D eigenvalue weighted by molar-refractivity contribution is -0.131. The van der Waals surface area contributed by atoms with E-state index in [0.717, 1.165) is 12.6 Å². The van der Waals surface area contributed by atoms with Crippen molar-refractivity contribution in [3.05, 3.63) is 28.0 Å². The molecule has 1 amide bonds. The molecule has 0 radical (unpaired) electrons. The summed E-state index contributed by atoms with van der Waals surface area (Å²) < 4.78 is 0. The molecule has 114 valence electrons. The fourth-order valence-corrected chi connectivity index (χ4v) is 3.68. The molecule has 0 atom stereocenters. The zero-order valence-electron chi connectivity index (χ0n) is 12.2. The van der Waals surface area contributed by atoms with Gasteiger partial charge in [0.25, 0.3) is 5.91 Å². The Morgan fingerprint density at radius 1 is 1.38 bits per heavy atom. The van der Waals surface area contributed by atoms with Crippen LogP contribution in [0.1, 0.15) is 47.3 Å². The van der Waals surface area contributed by atoms with Gasteiger partial charge in [0.15, 0.2) is 0 Å². The molecule has 1 N–H and O–H groups in total. The van der Waals surface area contributed by atoms with Crippen molar-refractivity contribution in [2.24, 2.45) is 5.92 Å². The molecular weight excluding hydrogens is 286 g/mol. The Bertz CT molecular complexity index is 529. The van der Waals surface area contributed by atoms with E-state index in [4.69, 9.17) is 5.11 Å². The number of rotatable bonds is 5. The smallest absolute Gasteiger partial charge is 0.328 e. The zero-order valence-corrected chi connectivity index (χ0v) is 13.1. The number of hydrogen-bond donors (Lipinski definition) is 1. The minimum absolute atomic E-state index is 0.0133. The third-order valence-electron chi connectivity index (χ3n) is 3.90. The topological polar surface area (TPSA) is 57.6 Å². The number of carboxylic acids is 1. The molecule has 0 aliphatic heterocycles. The highest BCUT2D eigenvalue weighted by molar-refractivity contribution is 7.12. The van der Waals surface area contributed by atoms with E-state index in [1.54, 1.807) is 11.0 Å². The molecule has 0 saturated heterocycles. The van der Waals surface area contributed by atoms with E-state index in [0.29, 0.717) is 16.4 Å². The maximum atomic E-state index is 12.5. The number of carboxylic acid groups (broad SMARTS) is 1. The maximum absolute atomic E-state index is 12.5. The minimum Gasteiger partial charge on any atom is -0.478 e. The van der Waals surface area contributed by atoms with E-state index in [1.807, 2.05) is 12.4 Å². The predicted molar refractivity (Wildman–Crippen MR) is 84.5 cm³/mol. The van der Waals surface area contributed by atoms with Crippen LogP contribution in [-0.4, -0.2) is 35.5 Å². The van der Waals surface area contributed by atoms with Crippen molar-refractivity contribution in [2.45, 2.75) is 32.1 Å². The Balaban J connectivity index is 2.01. The molecule has 0 unspecified atom stereocenters. The van der Waals surface area contributed by atoms with Gasteiger partial charge in [-0.3, -0.25) is 4.79 Å². The highest BCUT2D eigenvalue weighted by Gasteiger charge is 2.21. The van der Waals surface area contributed by atoms with Gasteiger partial charge in [-0.15, -0.1) is 11.3 Å². The van der Waals surface area contributed by atoms with Crippen molar-refractivity contribution in [1.29, 1.82) is 0 Å². The van der Waals surface area contributed by atoms with E-state index < -0.39 is 5.97 Å². The van der Waals surface area contributed by atoms with E-state index in [-0.39, 0.29) is 5.91 Å². The molecule has 0 bridgehead atoms. The monoisotopic (exact) mass is 307 g/mol. The van der Waals surface area contributed by atoms with Crippen LogP contribution in [0, 0.1) is 5.92 Å². The summed E-state index contributed by atoms with van der Waals surface area (Å²) in [6, 6.07) is 1.78. The number of amides is 1. The van der Waals surface area contributed by atoms with Crippen LogP contribution < -0.4 is 0 Å². The maximum Gasteiger partial charge on any atom is 0.328 e. The fourth-order valence-electron chi connectivity index (χ4n) is 2.80. The lowest BCUT2D eigenvalue weighted by atomic mass is 9.89. The summed E-state index contributed by atoms with van der Waals surface area (Å²) in [7, 11) is 1.83. The van der Waals surface area contributed by atoms with E-state index >= 15 is 0 Å². The third-order valence-corrected chi connectivity index (χ3v) is 4.82. The average molecular weight is 307 g/mol. The zero-order chi connectivity index (χ0) is 15.2. The highest BCUT2D eigenvalue weighted by atomic mass is 32.1. The van der Waals surface area contributed by atoms with Gasteiger partial charge >= 0.3 is 5.97 Å². The molecule has 0 aromatic carbocycles. The molecule has 5 heteroatoms. The molecule has 21 heavy (non-hydrogen) atoms. The third kappa shape index (κ3) is 4.43. The van der Waals surface area contributed by atoms with Crippen LogP contribution in [0.3, 0.4) is 0 Å². The standard InChI is InChI=1S/C16H21NO3S/c1-17(11-12-5-3-2-4-6-12)16(20)15-13(9-10-21-15)7-8-14(18)19/h7-10,12H,2-6,11H2,1H3,(H,18,19). The first-order valence-electron chi connectivity index (χ1n) is 7.32. The van der Waals surface area contributed by atoms with Crippen LogP contribution >= 0.6 is 11.3 Å². The Morgan fingerprint density at radius 3 is 2.76 bits per heavy atom. The van der Waals surface area contributed by atoms with Gasteiger partial charge in [0.05, 0.1) is 4.88 Å². The Morgan fingerprint density at radius 2 is 2.10 bits per heavy atom. The van der Waals surface area contributed by atoms with Gasteiger partial charge in [-0.25, -0.2) is 4.79 Å². The number of carbonyl (C=O) groups is 2. The molecule has 1 aromatic rings. The Kier molecular flexibility index (Phi) is 5.56. The Hall–Kier alpha value is -1.62. The largest absolute Gasteiger partial charge is 0.478 e. The summed E-state index contributed by atoms with van der Waals surface area (Å²) in [6.07, 6.45) is 8.79. The van der Waals surface area contributed by atoms with Gasteiger partial charge in [-0.1, -0.05) is 19.3 Å². The minimum atomic E-state index is -1.00. The quantitative estimate of drug-likeness (QED) is 0.847. The molecule has 1 aliphatic carbocycles. The summed E-state index contributed by atoms with van der Waals surface area (Å²) in [6.45, 7) is 0.790. The molecular formula is C16H21NO3S. The summed E-state index contributed by atoms with van der Waals surface area (Å²) in [5.74, 6) is -0.415. The second-order valence-corrected chi connectivity index (χ2v) is 6.48.